The number of ether oxygens (including phenoxy) is 1. The lowest BCUT2D eigenvalue weighted by Crippen LogP contribution is -2.28. The largest absolute Gasteiger partial charge is 0.394 e. The maximum atomic E-state index is 12.1. The number of nitrogens with one attached hydrogen (secondary N) is 1. The second-order valence-electron chi connectivity index (χ2n) is 3.86. The highest BCUT2D eigenvalue weighted by molar-refractivity contribution is 7.89. The second kappa shape index (κ2) is 6.28. The van der Waals surface area contributed by atoms with Crippen LogP contribution in [0.15, 0.2) is 4.90 Å². The monoisotopic (exact) mass is 277 g/mol. The van der Waals surface area contributed by atoms with Gasteiger partial charge in [0.15, 0.2) is 0 Å². The molecule has 0 saturated carbocycles. The third-order valence-corrected chi connectivity index (χ3v) is 4.20. The minimum Gasteiger partial charge on any atom is -0.394 e. The van der Waals surface area contributed by atoms with Crippen LogP contribution in [0.1, 0.15) is 11.4 Å². The van der Waals surface area contributed by atoms with Crippen LogP contribution in [-0.2, 0) is 21.8 Å². The number of hydrogen-bond donors (Lipinski definition) is 2. The van der Waals surface area contributed by atoms with E-state index in [4.69, 9.17) is 9.84 Å². The van der Waals surface area contributed by atoms with Crippen molar-refractivity contribution in [1.29, 1.82) is 0 Å². The quantitative estimate of drug-likeness (QED) is 0.644. The Kier molecular flexibility index (Phi) is 5.27. The fourth-order valence-electron chi connectivity index (χ4n) is 1.63. The lowest BCUT2D eigenvalue weighted by atomic mass is 10.4. The summed E-state index contributed by atoms with van der Waals surface area (Å²) in [6.45, 7) is 3.87. The topological polar surface area (TPSA) is 93.5 Å². The third-order valence-electron chi connectivity index (χ3n) is 2.49. The van der Waals surface area contributed by atoms with Crippen molar-refractivity contribution in [3.63, 3.8) is 0 Å². The number of rotatable bonds is 7. The molecule has 0 amide bonds. The zero-order valence-electron chi connectivity index (χ0n) is 10.8. The summed E-state index contributed by atoms with van der Waals surface area (Å²) in [5, 5.41) is 12.6. The average molecular weight is 277 g/mol. The van der Waals surface area contributed by atoms with Gasteiger partial charge in [0.2, 0.25) is 10.0 Å². The van der Waals surface area contributed by atoms with Crippen molar-refractivity contribution in [3.05, 3.63) is 11.4 Å². The normalized spacial score (nSPS) is 12.0. The lowest BCUT2D eigenvalue weighted by molar-refractivity contribution is 0.0961. The first-order valence-electron chi connectivity index (χ1n) is 5.58. The molecule has 0 bridgehead atoms. The molecule has 1 aromatic rings. The summed E-state index contributed by atoms with van der Waals surface area (Å²) in [6.07, 6.45) is 0. The molecular weight excluding hydrogens is 258 g/mol. The van der Waals surface area contributed by atoms with Crippen molar-refractivity contribution in [3.8, 4) is 0 Å². The molecule has 0 aliphatic carbocycles. The summed E-state index contributed by atoms with van der Waals surface area (Å²) < 4.78 is 33.1. The van der Waals surface area contributed by atoms with Crippen molar-refractivity contribution in [2.75, 3.05) is 26.4 Å². The van der Waals surface area contributed by atoms with E-state index < -0.39 is 10.0 Å². The molecule has 18 heavy (non-hydrogen) atoms. The van der Waals surface area contributed by atoms with Gasteiger partial charge in [-0.15, -0.1) is 0 Å². The summed E-state index contributed by atoms with van der Waals surface area (Å²) in [5.41, 5.74) is 1.06. The Morgan fingerprint density at radius 3 is 2.56 bits per heavy atom. The number of aryl methyl sites for hydroxylation is 2. The van der Waals surface area contributed by atoms with Crippen LogP contribution >= 0.6 is 0 Å². The van der Waals surface area contributed by atoms with Gasteiger partial charge in [-0.25, -0.2) is 13.1 Å². The summed E-state index contributed by atoms with van der Waals surface area (Å²) in [7, 11) is -1.86. The van der Waals surface area contributed by atoms with Crippen LogP contribution in [0.5, 0.6) is 0 Å². The SMILES string of the molecule is Cc1nn(C)c(C)c1S(=O)(=O)NCCOCCO. The molecule has 2 N–H and O–H groups in total. The van der Waals surface area contributed by atoms with Crippen LogP contribution in [0.4, 0.5) is 0 Å². The number of aliphatic hydroxyl groups excluding tert-OH is 1. The van der Waals surface area contributed by atoms with Crippen molar-refractivity contribution >= 4 is 10.0 Å². The van der Waals surface area contributed by atoms with Gasteiger partial charge in [0.25, 0.3) is 0 Å². The molecule has 0 spiro atoms. The molecule has 1 heterocycles. The van der Waals surface area contributed by atoms with Crippen LogP contribution in [0.25, 0.3) is 0 Å². The Balaban J connectivity index is 2.69. The summed E-state index contributed by atoms with van der Waals surface area (Å²) >= 11 is 0. The van der Waals surface area contributed by atoms with Crippen molar-refractivity contribution in [1.82, 2.24) is 14.5 Å². The molecule has 1 rings (SSSR count). The number of nitrogens with zero attached hydrogens (tertiary/aromatic N) is 2. The van der Waals surface area contributed by atoms with E-state index in [2.05, 4.69) is 9.82 Å². The Morgan fingerprint density at radius 2 is 2.06 bits per heavy atom. The van der Waals surface area contributed by atoms with Crippen molar-refractivity contribution in [2.24, 2.45) is 7.05 Å². The predicted molar refractivity (Wildman–Crippen MR) is 65.8 cm³/mol. The number of sulfonamides is 1. The molecule has 0 fully saturated rings. The van der Waals surface area contributed by atoms with E-state index in [-0.39, 0.29) is 31.3 Å². The maximum absolute atomic E-state index is 12.1. The van der Waals surface area contributed by atoms with Gasteiger partial charge in [-0.2, -0.15) is 5.10 Å². The lowest BCUT2D eigenvalue weighted by Gasteiger charge is -2.07. The molecule has 0 aromatic carbocycles. The van der Waals surface area contributed by atoms with Crippen molar-refractivity contribution in [2.45, 2.75) is 18.7 Å². The van der Waals surface area contributed by atoms with E-state index in [9.17, 15) is 8.42 Å². The highest BCUT2D eigenvalue weighted by Gasteiger charge is 2.22. The summed E-state index contributed by atoms with van der Waals surface area (Å²) in [6, 6.07) is 0. The molecule has 8 heteroatoms. The Hall–Kier alpha value is -0.960. The molecule has 0 atom stereocenters. The maximum Gasteiger partial charge on any atom is 0.244 e. The van der Waals surface area contributed by atoms with E-state index in [1.54, 1.807) is 20.9 Å². The van der Waals surface area contributed by atoms with E-state index in [0.29, 0.717) is 11.4 Å². The highest BCUT2D eigenvalue weighted by Crippen LogP contribution is 2.17. The van der Waals surface area contributed by atoms with Gasteiger partial charge in [-0.1, -0.05) is 0 Å². The first-order valence-corrected chi connectivity index (χ1v) is 7.07. The highest BCUT2D eigenvalue weighted by atomic mass is 32.2. The Bertz CT molecular complexity index is 495. The van der Waals surface area contributed by atoms with Gasteiger partial charge in [-0.05, 0) is 13.8 Å². The molecule has 1 aromatic heterocycles. The Labute approximate surface area is 107 Å². The average Bonchev–Trinajstić information content (AvgIpc) is 2.53. The predicted octanol–water partition coefficient (Wildman–Crippen LogP) is -0.676. The molecule has 0 aliphatic heterocycles. The fourth-order valence-corrected chi connectivity index (χ4v) is 3.08. The third kappa shape index (κ3) is 3.52. The molecule has 0 unspecified atom stereocenters. The van der Waals surface area contributed by atoms with Crippen LogP contribution in [0.3, 0.4) is 0 Å². The molecule has 0 saturated heterocycles. The zero-order chi connectivity index (χ0) is 13.8. The Morgan fingerprint density at radius 1 is 1.39 bits per heavy atom. The van der Waals surface area contributed by atoms with Gasteiger partial charge in [0.05, 0.1) is 31.2 Å². The smallest absolute Gasteiger partial charge is 0.244 e. The van der Waals surface area contributed by atoms with Gasteiger partial charge in [-0.3, -0.25) is 4.68 Å². The minimum absolute atomic E-state index is 0.0758. The standard InChI is InChI=1S/C10H19N3O4S/c1-8-10(9(2)13(3)12-8)18(15,16)11-4-6-17-7-5-14/h11,14H,4-7H2,1-3H3. The summed E-state index contributed by atoms with van der Waals surface area (Å²) in [5.74, 6) is 0. The molecule has 0 radical (unpaired) electrons. The van der Waals surface area contributed by atoms with Gasteiger partial charge in [0, 0.05) is 13.6 Å². The van der Waals surface area contributed by atoms with Crippen LogP contribution in [-0.4, -0.2) is 49.7 Å². The van der Waals surface area contributed by atoms with Gasteiger partial charge in [0.1, 0.15) is 4.90 Å². The zero-order valence-corrected chi connectivity index (χ0v) is 11.6. The van der Waals surface area contributed by atoms with E-state index >= 15 is 0 Å². The fraction of sp³-hybridized carbons (Fsp3) is 0.700. The summed E-state index contributed by atoms with van der Waals surface area (Å²) in [4.78, 5) is 0.215. The van der Waals surface area contributed by atoms with Crippen molar-refractivity contribution < 1.29 is 18.3 Å². The minimum atomic E-state index is -3.56. The second-order valence-corrected chi connectivity index (χ2v) is 5.56. The van der Waals surface area contributed by atoms with E-state index in [1.165, 1.54) is 4.68 Å². The molecule has 7 nitrogen and oxygen atoms in total. The molecule has 104 valence electrons. The van der Waals surface area contributed by atoms with Crippen LogP contribution < -0.4 is 4.72 Å². The molecular formula is C10H19N3O4S. The number of hydrogen-bond acceptors (Lipinski definition) is 5. The van der Waals surface area contributed by atoms with Crippen LogP contribution in [0, 0.1) is 13.8 Å². The van der Waals surface area contributed by atoms with Gasteiger partial charge >= 0.3 is 0 Å². The van der Waals surface area contributed by atoms with E-state index in [0.717, 1.165) is 0 Å². The van der Waals surface area contributed by atoms with E-state index in [1.807, 2.05) is 0 Å². The van der Waals surface area contributed by atoms with Gasteiger partial charge < -0.3 is 9.84 Å². The van der Waals surface area contributed by atoms with Crippen LogP contribution in [0.2, 0.25) is 0 Å². The number of aromatic nitrogens is 2. The first kappa shape index (κ1) is 15.1. The number of aliphatic hydroxyl groups is 1. The molecule has 0 aliphatic rings. The first-order chi connectivity index (χ1) is 8.40.